The van der Waals surface area contributed by atoms with Gasteiger partial charge < -0.3 is 8.83 Å². The molecule has 0 spiro atoms. The predicted octanol–water partition coefficient (Wildman–Crippen LogP) is 4.88. The second-order valence-corrected chi connectivity index (χ2v) is 7.91. The Labute approximate surface area is 172 Å². The lowest BCUT2D eigenvalue weighted by Gasteiger charge is -2.20. The Morgan fingerprint density at radius 1 is 1.07 bits per heavy atom. The summed E-state index contributed by atoms with van der Waals surface area (Å²) in [5.74, 6) is 1.12. The molecule has 0 radical (unpaired) electrons. The summed E-state index contributed by atoms with van der Waals surface area (Å²) < 4.78 is 11.3. The van der Waals surface area contributed by atoms with Gasteiger partial charge in [0.15, 0.2) is 0 Å². The summed E-state index contributed by atoms with van der Waals surface area (Å²) in [6.07, 6.45) is 1.88. The van der Waals surface area contributed by atoms with Crippen LogP contribution in [0, 0.1) is 0 Å². The zero-order valence-electron chi connectivity index (χ0n) is 16.6. The van der Waals surface area contributed by atoms with Gasteiger partial charge >= 0.3 is 5.63 Å². The smallest absolute Gasteiger partial charge is 0.336 e. The molecule has 0 aliphatic carbocycles. The standard InChI is InChI=1S/C22H23N3O3S/c1-3-9-25(14-20-23-24-22(28-20)19-6-5-10-29-19)13-16-12-21(26)27-18-11-15(4-2)7-8-17(16)18/h5-8,10-12H,3-4,9,13-14H2,1-2H3. The molecule has 3 aromatic heterocycles. The van der Waals surface area contributed by atoms with Crippen LogP contribution in [-0.2, 0) is 19.5 Å². The molecule has 0 saturated heterocycles. The lowest BCUT2D eigenvalue weighted by atomic mass is 10.1. The van der Waals surface area contributed by atoms with Crippen molar-refractivity contribution in [3.63, 3.8) is 0 Å². The molecule has 4 rings (SSSR count). The van der Waals surface area contributed by atoms with Crippen molar-refractivity contribution < 1.29 is 8.83 Å². The van der Waals surface area contributed by atoms with Crippen molar-refractivity contribution >= 4 is 22.3 Å². The normalized spacial score (nSPS) is 11.6. The van der Waals surface area contributed by atoms with Crippen molar-refractivity contribution in [3.05, 3.63) is 69.2 Å². The molecule has 1 aromatic carbocycles. The van der Waals surface area contributed by atoms with Crippen LogP contribution in [0.3, 0.4) is 0 Å². The fourth-order valence-corrected chi connectivity index (χ4v) is 4.05. The number of aromatic nitrogens is 2. The minimum absolute atomic E-state index is 0.324. The van der Waals surface area contributed by atoms with Crippen molar-refractivity contribution in [2.75, 3.05) is 6.54 Å². The molecule has 0 N–H and O–H groups in total. The van der Waals surface area contributed by atoms with E-state index in [4.69, 9.17) is 8.83 Å². The zero-order valence-corrected chi connectivity index (χ0v) is 17.4. The summed E-state index contributed by atoms with van der Waals surface area (Å²) in [6.45, 7) is 6.20. The van der Waals surface area contributed by atoms with Crippen LogP contribution < -0.4 is 5.63 Å². The van der Waals surface area contributed by atoms with E-state index in [2.05, 4.69) is 35.0 Å². The van der Waals surface area contributed by atoms with Crippen molar-refractivity contribution in [3.8, 4) is 10.8 Å². The summed E-state index contributed by atoms with van der Waals surface area (Å²) in [4.78, 5) is 15.3. The minimum Gasteiger partial charge on any atom is -0.423 e. The molecule has 150 valence electrons. The second kappa shape index (κ2) is 8.71. The molecule has 3 heterocycles. The Hall–Kier alpha value is -2.77. The third-order valence-corrected chi connectivity index (χ3v) is 5.65. The number of fused-ring (bicyclic) bond motifs is 1. The van der Waals surface area contributed by atoms with Gasteiger partial charge in [0.05, 0.1) is 11.4 Å². The van der Waals surface area contributed by atoms with Crippen molar-refractivity contribution in [1.29, 1.82) is 0 Å². The van der Waals surface area contributed by atoms with Gasteiger partial charge in [-0.15, -0.1) is 21.5 Å². The van der Waals surface area contributed by atoms with Gasteiger partial charge in [-0.3, -0.25) is 4.90 Å². The Morgan fingerprint density at radius 3 is 2.72 bits per heavy atom. The first kappa shape index (κ1) is 19.5. The summed E-state index contributed by atoms with van der Waals surface area (Å²) >= 11 is 1.57. The van der Waals surface area contributed by atoms with E-state index in [-0.39, 0.29) is 5.63 Å². The Morgan fingerprint density at radius 2 is 1.97 bits per heavy atom. The molecule has 0 atom stereocenters. The fourth-order valence-electron chi connectivity index (χ4n) is 3.40. The Bertz CT molecular complexity index is 1150. The molecular weight excluding hydrogens is 386 g/mol. The van der Waals surface area contributed by atoms with Gasteiger partial charge in [-0.2, -0.15) is 0 Å². The van der Waals surface area contributed by atoms with Crippen molar-refractivity contribution in [2.24, 2.45) is 0 Å². The molecule has 0 aliphatic rings. The highest BCUT2D eigenvalue weighted by molar-refractivity contribution is 7.13. The van der Waals surface area contributed by atoms with Crippen LogP contribution in [0.4, 0.5) is 0 Å². The predicted molar refractivity (Wildman–Crippen MR) is 114 cm³/mol. The number of rotatable bonds is 8. The molecule has 6 nitrogen and oxygen atoms in total. The maximum atomic E-state index is 12.1. The van der Waals surface area contributed by atoms with Crippen LogP contribution in [0.1, 0.15) is 37.3 Å². The van der Waals surface area contributed by atoms with Gasteiger partial charge in [0, 0.05) is 18.0 Å². The molecule has 0 bridgehead atoms. The van der Waals surface area contributed by atoms with Crippen LogP contribution in [0.5, 0.6) is 0 Å². The molecule has 0 unspecified atom stereocenters. The highest BCUT2D eigenvalue weighted by Gasteiger charge is 2.16. The number of hydrogen-bond donors (Lipinski definition) is 0. The zero-order chi connectivity index (χ0) is 20.2. The lowest BCUT2D eigenvalue weighted by molar-refractivity contribution is 0.232. The molecule has 0 saturated carbocycles. The number of thiophene rings is 1. The largest absolute Gasteiger partial charge is 0.423 e. The van der Waals surface area contributed by atoms with E-state index in [1.54, 1.807) is 17.4 Å². The van der Waals surface area contributed by atoms with Crippen LogP contribution in [0.2, 0.25) is 0 Å². The highest BCUT2D eigenvalue weighted by Crippen LogP contribution is 2.24. The van der Waals surface area contributed by atoms with Gasteiger partial charge in [-0.1, -0.05) is 32.0 Å². The van der Waals surface area contributed by atoms with Crippen molar-refractivity contribution in [1.82, 2.24) is 15.1 Å². The van der Waals surface area contributed by atoms with Gasteiger partial charge in [0.2, 0.25) is 5.89 Å². The SMILES string of the molecule is CCCN(Cc1nnc(-c2cccs2)o1)Cc1cc(=O)oc2cc(CC)ccc12. The monoisotopic (exact) mass is 409 g/mol. The molecule has 4 aromatic rings. The number of nitrogens with zero attached hydrogens (tertiary/aromatic N) is 3. The Kier molecular flexibility index (Phi) is 5.87. The quantitative estimate of drug-likeness (QED) is 0.386. The minimum atomic E-state index is -0.324. The summed E-state index contributed by atoms with van der Waals surface area (Å²) in [5.41, 5.74) is 2.41. The van der Waals surface area contributed by atoms with E-state index in [9.17, 15) is 4.79 Å². The number of hydrogen-bond acceptors (Lipinski definition) is 7. The molecule has 0 aliphatic heterocycles. The van der Waals surface area contributed by atoms with Crippen LogP contribution in [0.15, 0.2) is 55.4 Å². The first-order valence-electron chi connectivity index (χ1n) is 9.80. The van der Waals surface area contributed by atoms with Gasteiger partial charge in [-0.05, 0) is 48.0 Å². The van der Waals surface area contributed by atoms with Crippen LogP contribution in [0.25, 0.3) is 21.7 Å². The van der Waals surface area contributed by atoms with Crippen LogP contribution >= 0.6 is 11.3 Å². The first-order valence-corrected chi connectivity index (χ1v) is 10.7. The summed E-state index contributed by atoms with van der Waals surface area (Å²) in [6, 6.07) is 11.6. The number of aryl methyl sites for hydroxylation is 1. The third-order valence-electron chi connectivity index (χ3n) is 4.79. The number of benzene rings is 1. The Balaban J connectivity index is 1.59. The highest BCUT2D eigenvalue weighted by atomic mass is 32.1. The lowest BCUT2D eigenvalue weighted by Crippen LogP contribution is -2.24. The topological polar surface area (TPSA) is 72.4 Å². The molecule has 29 heavy (non-hydrogen) atoms. The summed E-state index contributed by atoms with van der Waals surface area (Å²) in [5, 5.41) is 11.3. The van der Waals surface area contributed by atoms with E-state index in [0.717, 1.165) is 40.8 Å². The second-order valence-electron chi connectivity index (χ2n) is 6.96. The van der Waals surface area contributed by atoms with E-state index in [0.29, 0.717) is 30.5 Å². The van der Waals surface area contributed by atoms with E-state index < -0.39 is 0 Å². The summed E-state index contributed by atoms with van der Waals surface area (Å²) in [7, 11) is 0. The van der Waals surface area contributed by atoms with Gasteiger partial charge in [0.1, 0.15) is 5.58 Å². The fraction of sp³-hybridized carbons (Fsp3) is 0.318. The van der Waals surface area contributed by atoms with E-state index >= 15 is 0 Å². The molecule has 7 heteroatoms. The molecule has 0 amide bonds. The van der Waals surface area contributed by atoms with E-state index in [1.165, 1.54) is 0 Å². The average Bonchev–Trinajstić information content (AvgIpc) is 3.39. The molecule has 0 fully saturated rings. The van der Waals surface area contributed by atoms with Gasteiger partial charge in [-0.25, -0.2) is 4.79 Å². The molecular formula is C22H23N3O3S. The maximum Gasteiger partial charge on any atom is 0.336 e. The van der Waals surface area contributed by atoms with Crippen LogP contribution in [-0.4, -0.2) is 21.6 Å². The maximum absolute atomic E-state index is 12.1. The van der Waals surface area contributed by atoms with E-state index in [1.807, 2.05) is 29.6 Å². The van der Waals surface area contributed by atoms with Crippen molar-refractivity contribution in [2.45, 2.75) is 39.8 Å². The average molecular weight is 410 g/mol. The first-order chi connectivity index (χ1) is 14.2. The third kappa shape index (κ3) is 4.46. The van der Waals surface area contributed by atoms with Gasteiger partial charge in [0.25, 0.3) is 5.89 Å².